The lowest BCUT2D eigenvalue weighted by Gasteiger charge is -2.13. The third kappa shape index (κ3) is 3.03. The summed E-state index contributed by atoms with van der Waals surface area (Å²) in [5.74, 6) is 2.23. The second-order valence-corrected chi connectivity index (χ2v) is 5.13. The lowest BCUT2D eigenvalue weighted by atomic mass is 10.2. The Labute approximate surface area is 104 Å². The number of nitrogens with one attached hydrogen (secondary N) is 2. The van der Waals surface area contributed by atoms with Gasteiger partial charge in [0.05, 0.1) is 4.92 Å². The SMILES string of the molecule is CNc1cc(NC2CCSC2)cc([N+](=O)[O-])c1. The minimum absolute atomic E-state index is 0.116. The van der Waals surface area contributed by atoms with Gasteiger partial charge in [-0.15, -0.1) is 0 Å². The molecule has 1 aliphatic rings. The first-order valence-electron chi connectivity index (χ1n) is 5.50. The van der Waals surface area contributed by atoms with Crippen LogP contribution in [0.5, 0.6) is 0 Å². The minimum atomic E-state index is -0.366. The van der Waals surface area contributed by atoms with E-state index in [1.54, 1.807) is 13.1 Å². The molecule has 0 aliphatic carbocycles. The second-order valence-electron chi connectivity index (χ2n) is 3.98. The van der Waals surface area contributed by atoms with E-state index in [2.05, 4.69) is 10.6 Å². The van der Waals surface area contributed by atoms with Gasteiger partial charge >= 0.3 is 0 Å². The zero-order valence-electron chi connectivity index (χ0n) is 9.60. The third-order valence-electron chi connectivity index (χ3n) is 2.72. The molecule has 6 heteroatoms. The van der Waals surface area contributed by atoms with Crippen LogP contribution in [-0.2, 0) is 0 Å². The average Bonchev–Trinajstić information content (AvgIpc) is 2.81. The van der Waals surface area contributed by atoms with Crippen LogP contribution in [0.2, 0.25) is 0 Å². The third-order valence-corrected chi connectivity index (χ3v) is 3.88. The predicted octanol–water partition coefficient (Wildman–Crippen LogP) is 2.55. The Hall–Kier alpha value is -1.43. The molecule has 1 atom stereocenters. The minimum Gasteiger partial charge on any atom is -0.388 e. The van der Waals surface area contributed by atoms with Gasteiger partial charge in [-0.3, -0.25) is 10.1 Å². The second kappa shape index (κ2) is 5.27. The molecular formula is C11H15N3O2S. The Morgan fingerprint density at radius 3 is 2.76 bits per heavy atom. The van der Waals surface area contributed by atoms with Gasteiger partial charge in [-0.2, -0.15) is 11.8 Å². The van der Waals surface area contributed by atoms with Crippen LogP contribution < -0.4 is 10.6 Å². The van der Waals surface area contributed by atoms with Gasteiger partial charge < -0.3 is 10.6 Å². The van der Waals surface area contributed by atoms with Gasteiger partial charge in [0.1, 0.15) is 0 Å². The molecule has 0 radical (unpaired) electrons. The molecule has 0 aromatic heterocycles. The van der Waals surface area contributed by atoms with Crippen molar-refractivity contribution in [2.75, 3.05) is 29.2 Å². The van der Waals surface area contributed by atoms with Crippen LogP contribution in [0.3, 0.4) is 0 Å². The van der Waals surface area contributed by atoms with E-state index >= 15 is 0 Å². The molecule has 0 saturated carbocycles. The number of benzene rings is 1. The molecule has 0 amide bonds. The molecule has 0 spiro atoms. The maximum atomic E-state index is 10.8. The highest BCUT2D eigenvalue weighted by Gasteiger charge is 2.16. The zero-order valence-corrected chi connectivity index (χ0v) is 10.4. The number of hydrogen-bond acceptors (Lipinski definition) is 5. The van der Waals surface area contributed by atoms with Gasteiger partial charge in [0.2, 0.25) is 0 Å². The van der Waals surface area contributed by atoms with Crippen molar-refractivity contribution >= 4 is 28.8 Å². The molecule has 2 N–H and O–H groups in total. The van der Waals surface area contributed by atoms with Crippen molar-refractivity contribution < 1.29 is 4.92 Å². The van der Waals surface area contributed by atoms with Crippen LogP contribution in [-0.4, -0.2) is 29.5 Å². The van der Waals surface area contributed by atoms with Gasteiger partial charge in [-0.25, -0.2) is 0 Å². The Kier molecular flexibility index (Phi) is 3.73. The van der Waals surface area contributed by atoms with E-state index in [1.165, 1.54) is 6.07 Å². The lowest BCUT2D eigenvalue weighted by molar-refractivity contribution is -0.384. The number of nitro benzene ring substituents is 1. The van der Waals surface area contributed by atoms with Crippen molar-refractivity contribution in [2.24, 2.45) is 0 Å². The fraction of sp³-hybridized carbons (Fsp3) is 0.455. The maximum absolute atomic E-state index is 10.8. The quantitative estimate of drug-likeness (QED) is 0.637. The van der Waals surface area contributed by atoms with Crippen molar-refractivity contribution in [1.82, 2.24) is 0 Å². The standard InChI is InChI=1S/C11H15N3O2S/c1-12-9-4-10(6-11(5-9)14(15)16)13-8-2-3-17-7-8/h4-6,8,12-13H,2-3,7H2,1H3. The summed E-state index contributed by atoms with van der Waals surface area (Å²) in [4.78, 5) is 10.4. The first-order valence-corrected chi connectivity index (χ1v) is 6.66. The summed E-state index contributed by atoms with van der Waals surface area (Å²) in [6.07, 6.45) is 1.11. The van der Waals surface area contributed by atoms with Crippen LogP contribution in [0.1, 0.15) is 6.42 Å². The Balaban J connectivity index is 2.19. The largest absolute Gasteiger partial charge is 0.388 e. The first kappa shape index (κ1) is 12.0. The summed E-state index contributed by atoms with van der Waals surface area (Å²) < 4.78 is 0. The molecule has 2 rings (SSSR count). The van der Waals surface area contributed by atoms with E-state index < -0.39 is 0 Å². The fourth-order valence-electron chi connectivity index (χ4n) is 1.83. The highest BCUT2D eigenvalue weighted by atomic mass is 32.2. The van der Waals surface area contributed by atoms with Crippen LogP contribution in [0, 0.1) is 10.1 Å². The number of thioether (sulfide) groups is 1. The van der Waals surface area contributed by atoms with Crippen molar-refractivity contribution in [3.63, 3.8) is 0 Å². The van der Waals surface area contributed by atoms with E-state index in [9.17, 15) is 10.1 Å². The highest BCUT2D eigenvalue weighted by Crippen LogP contribution is 2.27. The smallest absolute Gasteiger partial charge is 0.273 e. The number of non-ortho nitro benzene ring substituents is 1. The van der Waals surface area contributed by atoms with Gasteiger partial charge in [0, 0.05) is 42.3 Å². The van der Waals surface area contributed by atoms with Gasteiger partial charge in [0.25, 0.3) is 5.69 Å². The van der Waals surface area contributed by atoms with Crippen LogP contribution in [0.25, 0.3) is 0 Å². The van der Waals surface area contributed by atoms with Crippen LogP contribution in [0.15, 0.2) is 18.2 Å². The Morgan fingerprint density at radius 1 is 1.41 bits per heavy atom. The fourth-order valence-corrected chi connectivity index (χ4v) is 2.98. The molecule has 1 heterocycles. The normalized spacial score (nSPS) is 19.0. The van der Waals surface area contributed by atoms with Crippen LogP contribution >= 0.6 is 11.8 Å². The summed E-state index contributed by atoms with van der Waals surface area (Å²) in [5, 5.41) is 17.1. The number of nitro groups is 1. The molecule has 92 valence electrons. The molecule has 1 unspecified atom stereocenters. The Morgan fingerprint density at radius 2 is 2.18 bits per heavy atom. The molecule has 1 saturated heterocycles. The van der Waals surface area contributed by atoms with E-state index in [0.29, 0.717) is 6.04 Å². The molecule has 1 aromatic rings. The number of hydrogen-bond donors (Lipinski definition) is 2. The van der Waals surface area contributed by atoms with Crippen molar-refractivity contribution in [3.8, 4) is 0 Å². The number of rotatable bonds is 4. The monoisotopic (exact) mass is 253 g/mol. The van der Waals surface area contributed by atoms with E-state index in [0.717, 1.165) is 29.3 Å². The first-order chi connectivity index (χ1) is 8.19. The predicted molar refractivity (Wildman–Crippen MR) is 72.0 cm³/mol. The van der Waals surface area contributed by atoms with E-state index in [1.807, 2.05) is 17.8 Å². The highest BCUT2D eigenvalue weighted by molar-refractivity contribution is 7.99. The summed E-state index contributed by atoms with van der Waals surface area (Å²) in [5.41, 5.74) is 1.69. The average molecular weight is 253 g/mol. The summed E-state index contributed by atoms with van der Waals surface area (Å²) in [6.45, 7) is 0. The summed E-state index contributed by atoms with van der Waals surface area (Å²) in [6, 6.07) is 5.45. The summed E-state index contributed by atoms with van der Waals surface area (Å²) in [7, 11) is 1.76. The molecule has 1 aliphatic heterocycles. The summed E-state index contributed by atoms with van der Waals surface area (Å²) >= 11 is 1.91. The number of nitrogens with zero attached hydrogens (tertiary/aromatic N) is 1. The van der Waals surface area contributed by atoms with Gasteiger partial charge in [-0.1, -0.05) is 0 Å². The van der Waals surface area contributed by atoms with Gasteiger partial charge in [-0.05, 0) is 18.2 Å². The molecule has 5 nitrogen and oxygen atoms in total. The molecule has 1 fully saturated rings. The Bertz CT molecular complexity index is 419. The molecule has 1 aromatic carbocycles. The van der Waals surface area contributed by atoms with Crippen molar-refractivity contribution in [2.45, 2.75) is 12.5 Å². The topological polar surface area (TPSA) is 67.2 Å². The van der Waals surface area contributed by atoms with Crippen LogP contribution in [0.4, 0.5) is 17.1 Å². The van der Waals surface area contributed by atoms with Gasteiger partial charge in [0.15, 0.2) is 0 Å². The van der Waals surface area contributed by atoms with Crippen molar-refractivity contribution in [3.05, 3.63) is 28.3 Å². The molecule has 0 bridgehead atoms. The molecular weight excluding hydrogens is 238 g/mol. The maximum Gasteiger partial charge on any atom is 0.273 e. The molecule has 17 heavy (non-hydrogen) atoms. The number of anilines is 2. The van der Waals surface area contributed by atoms with E-state index in [4.69, 9.17) is 0 Å². The zero-order chi connectivity index (χ0) is 12.3. The van der Waals surface area contributed by atoms with Crippen molar-refractivity contribution in [1.29, 1.82) is 0 Å². The lowest BCUT2D eigenvalue weighted by Crippen LogP contribution is -2.18. The van der Waals surface area contributed by atoms with E-state index in [-0.39, 0.29) is 10.6 Å².